The normalized spacial score (nSPS) is 10.7. The molecule has 0 aliphatic rings. The van der Waals surface area contributed by atoms with E-state index in [0.29, 0.717) is 6.61 Å². The van der Waals surface area contributed by atoms with Crippen molar-refractivity contribution in [3.8, 4) is 0 Å². The average Bonchev–Trinajstić information content (AvgIpc) is 2.72. The number of hydrogen-bond donors (Lipinski definition) is 0. The Morgan fingerprint density at radius 3 is 3.00 bits per heavy atom. The first-order valence-corrected chi connectivity index (χ1v) is 6.45. The first kappa shape index (κ1) is 12.2. The number of carbonyl (C=O) groups excluding carboxylic acids is 1. The van der Waals surface area contributed by atoms with Crippen LogP contribution in [0.5, 0.6) is 0 Å². The molecule has 1 aromatic carbocycles. The van der Waals surface area contributed by atoms with E-state index in [2.05, 4.69) is 22.9 Å². The van der Waals surface area contributed by atoms with Crippen LogP contribution in [0.2, 0.25) is 0 Å². The van der Waals surface area contributed by atoms with Gasteiger partial charge in [0.2, 0.25) is 0 Å². The molecule has 17 heavy (non-hydrogen) atoms. The van der Waals surface area contributed by atoms with Crippen LogP contribution in [-0.4, -0.2) is 17.3 Å². The van der Waals surface area contributed by atoms with Gasteiger partial charge in [-0.3, -0.25) is 4.57 Å². The largest absolute Gasteiger partial charge is 0.449 e. The molecule has 1 heterocycles. The first-order valence-electron chi connectivity index (χ1n) is 5.66. The standard InChI is InChI=1S/C13H14BrNO2/c1-2-3-8-17-13(16)15-7-6-10-9-11(14)4-5-12(10)15/h4-7,9H,2-3,8H2,1H3. The zero-order chi connectivity index (χ0) is 12.3. The maximum absolute atomic E-state index is 11.8. The predicted molar refractivity (Wildman–Crippen MR) is 71.3 cm³/mol. The number of benzene rings is 1. The highest BCUT2D eigenvalue weighted by molar-refractivity contribution is 9.10. The van der Waals surface area contributed by atoms with Crippen molar-refractivity contribution in [2.75, 3.05) is 6.61 Å². The molecule has 0 amide bonds. The number of unbranched alkanes of at least 4 members (excludes halogenated alkanes) is 1. The summed E-state index contributed by atoms with van der Waals surface area (Å²) < 4.78 is 7.72. The van der Waals surface area contributed by atoms with Crippen molar-refractivity contribution in [2.24, 2.45) is 0 Å². The molecule has 2 rings (SSSR count). The van der Waals surface area contributed by atoms with Gasteiger partial charge in [-0.2, -0.15) is 0 Å². The lowest BCUT2D eigenvalue weighted by molar-refractivity contribution is 0.147. The second-order valence-electron chi connectivity index (χ2n) is 3.86. The number of nitrogens with zero attached hydrogens (tertiary/aromatic N) is 1. The number of ether oxygens (including phenoxy) is 1. The van der Waals surface area contributed by atoms with Crippen LogP contribution < -0.4 is 0 Å². The fourth-order valence-electron chi connectivity index (χ4n) is 1.65. The zero-order valence-electron chi connectivity index (χ0n) is 9.65. The van der Waals surface area contributed by atoms with Crippen LogP contribution in [0.25, 0.3) is 10.9 Å². The van der Waals surface area contributed by atoms with Gasteiger partial charge in [-0.1, -0.05) is 29.3 Å². The molecule has 0 unspecified atom stereocenters. The van der Waals surface area contributed by atoms with Crippen molar-refractivity contribution in [1.29, 1.82) is 0 Å². The highest BCUT2D eigenvalue weighted by Crippen LogP contribution is 2.21. The van der Waals surface area contributed by atoms with Gasteiger partial charge in [-0.15, -0.1) is 0 Å². The van der Waals surface area contributed by atoms with Gasteiger partial charge < -0.3 is 4.74 Å². The molecule has 2 aromatic rings. The maximum Gasteiger partial charge on any atom is 0.418 e. The summed E-state index contributed by atoms with van der Waals surface area (Å²) in [4.78, 5) is 11.8. The molecule has 0 spiro atoms. The molecule has 0 aliphatic carbocycles. The highest BCUT2D eigenvalue weighted by Gasteiger charge is 2.09. The molecule has 0 N–H and O–H groups in total. The fraction of sp³-hybridized carbons (Fsp3) is 0.308. The summed E-state index contributed by atoms with van der Waals surface area (Å²) >= 11 is 3.40. The molecule has 0 fully saturated rings. The zero-order valence-corrected chi connectivity index (χ0v) is 11.2. The van der Waals surface area contributed by atoms with Crippen LogP contribution in [0.3, 0.4) is 0 Å². The maximum atomic E-state index is 11.8. The molecule has 4 heteroatoms. The van der Waals surface area contributed by atoms with Crippen molar-refractivity contribution < 1.29 is 9.53 Å². The Kier molecular flexibility index (Phi) is 3.84. The molecule has 0 saturated carbocycles. The Morgan fingerprint density at radius 2 is 2.24 bits per heavy atom. The van der Waals surface area contributed by atoms with Crippen molar-refractivity contribution in [3.05, 3.63) is 34.9 Å². The molecule has 0 saturated heterocycles. The number of carbonyl (C=O) groups is 1. The van der Waals surface area contributed by atoms with E-state index < -0.39 is 0 Å². The molecule has 0 aliphatic heterocycles. The summed E-state index contributed by atoms with van der Waals surface area (Å²) in [6, 6.07) is 7.70. The molecule has 0 atom stereocenters. The van der Waals surface area contributed by atoms with Gasteiger partial charge >= 0.3 is 6.09 Å². The van der Waals surface area contributed by atoms with E-state index in [1.807, 2.05) is 24.3 Å². The van der Waals surface area contributed by atoms with Gasteiger partial charge in [0, 0.05) is 16.1 Å². The fourth-order valence-corrected chi connectivity index (χ4v) is 2.02. The molecular formula is C13H14BrNO2. The third-order valence-electron chi connectivity index (χ3n) is 2.57. The average molecular weight is 296 g/mol. The van der Waals surface area contributed by atoms with E-state index in [1.165, 1.54) is 4.57 Å². The molecule has 3 nitrogen and oxygen atoms in total. The minimum atomic E-state index is -0.309. The summed E-state index contributed by atoms with van der Waals surface area (Å²) in [5.41, 5.74) is 0.870. The van der Waals surface area contributed by atoms with E-state index in [1.54, 1.807) is 6.20 Å². The third kappa shape index (κ3) is 2.69. The number of hydrogen-bond acceptors (Lipinski definition) is 2. The molecular weight excluding hydrogens is 282 g/mol. The van der Waals surface area contributed by atoms with Gasteiger partial charge in [-0.05, 0) is 30.7 Å². The van der Waals surface area contributed by atoms with Crippen molar-refractivity contribution in [2.45, 2.75) is 19.8 Å². The van der Waals surface area contributed by atoms with Gasteiger partial charge in [0.1, 0.15) is 0 Å². The lowest BCUT2D eigenvalue weighted by atomic mass is 10.2. The molecule has 0 radical (unpaired) electrons. The second kappa shape index (κ2) is 5.36. The van der Waals surface area contributed by atoms with E-state index >= 15 is 0 Å². The Morgan fingerprint density at radius 1 is 1.41 bits per heavy atom. The molecule has 0 bridgehead atoms. The lowest BCUT2D eigenvalue weighted by Gasteiger charge is -2.05. The van der Waals surface area contributed by atoms with E-state index in [0.717, 1.165) is 28.2 Å². The van der Waals surface area contributed by atoms with Gasteiger partial charge in [0.05, 0.1) is 12.1 Å². The third-order valence-corrected chi connectivity index (χ3v) is 3.07. The predicted octanol–water partition coefficient (Wildman–Crippen LogP) is 4.19. The van der Waals surface area contributed by atoms with Crippen LogP contribution in [0.15, 0.2) is 34.9 Å². The van der Waals surface area contributed by atoms with Crippen LogP contribution in [-0.2, 0) is 4.74 Å². The summed E-state index contributed by atoms with van der Waals surface area (Å²) in [6.45, 7) is 2.54. The SMILES string of the molecule is CCCCOC(=O)n1ccc2cc(Br)ccc21. The minimum Gasteiger partial charge on any atom is -0.449 e. The number of halogens is 1. The smallest absolute Gasteiger partial charge is 0.418 e. The van der Waals surface area contributed by atoms with E-state index in [4.69, 9.17) is 4.74 Å². The summed E-state index contributed by atoms with van der Waals surface area (Å²) in [5.74, 6) is 0. The van der Waals surface area contributed by atoms with Gasteiger partial charge in [0.25, 0.3) is 0 Å². The minimum absolute atomic E-state index is 0.309. The molecule has 90 valence electrons. The summed E-state index contributed by atoms with van der Waals surface area (Å²) in [5, 5.41) is 1.02. The van der Waals surface area contributed by atoms with Crippen LogP contribution >= 0.6 is 15.9 Å². The van der Waals surface area contributed by atoms with Crippen LogP contribution in [0.1, 0.15) is 19.8 Å². The van der Waals surface area contributed by atoms with Crippen molar-refractivity contribution in [3.63, 3.8) is 0 Å². The Balaban J connectivity index is 2.21. The topological polar surface area (TPSA) is 31.2 Å². The first-order chi connectivity index (χ1) is 8.22. The number of rotatable bonds is 3. The monoisotopic (exact) mass is 295 g/mol. The van der Waals surface area contributed by atoms with Crippen LogP contribution in [0.4, 0.5) is 4.79 Å². The number of fused-ring (bicyclic) bond motifs is 1. The lowest BCUT2D eigenvalue weighted by Crippen LogP contribution is -2.13. The summed E-state index contributed by atoms with van der Waals surface area (Å²) in [7, 11) is 0. The summed E-state index contributed by atoms with van der Waals surface area (Å²) in [6.07, 6.45) is 3.35. The second-order valence-corrected chi connectivity index (χ2v) is 4.77. The molecule has 1 aromatic heterocycles. The number of aromatic nitrogens is 1. The van der Waals surface area contributed by atoms with E-state index in [9.17, 15) is 4.79 Å². The Hall–Kier alpha value is -1.29. The van der Waals surface area contributed by atoms with Gasteiger partial charge in [0.15, 0.2) is 0 Å². The van der Waals surface area contributed by atoms with Crippen molar-refractivity contribution in [1.82, 2.24) is 4.57 Å². The van der Waals surface area contributed by atoms with Gasteiger partial charge in [-0.25, -0.2) is 4.79 Å². The quantitative estimate of drug-likeness (QED) is 0.795. The Bertz CT molecular complexity index is 533. The van der Waals surface area contributed by atoms with Crippen LogP contribution in [0, 0.1) is 0 Å². The van der Waals surface area contributed by atoms with E-state index in [-0.39, 0.29) is 6.09 Å². The highest BCUT2D eigenvalue weighted by atomic mass is 79.9. The Labute approximate surface area is 108 Å². The van der Waals surface area contributed by atoms with Crippen molar-refractivity contribution >= 4 is 32.9 Å².